The van der Waals surface area contributed by atoms with Gasteiger partial charge in [-0.15, -0.1) is 0 Å². The van der Waals surface area contributed by atoms with Crippen LogP contribution in [0, 0.1) is 0 Å². The number of nitrogens with zero attached hydrogens (tertiary/aromatic N) is 2. The molecule has 2 aromatic carbocycles. The van der Waals surface area contributed by atoms with Gasteiger partial charge < -0.3 is 14.6 Å². The number of benzene rings is 2. The Morgan fingerprint density at radius 2 is 2.03 bits per heavy atom. The third kappa shape index (κ3) is 5.03. The Labute approximate surface area is 189 Å². The van der Waals surface area contributed by atoms with E-state index in [1.807, 2.05) is 13.8 Å². The summed E-state index contributed by atoms with van der Waals surface area (Å²) in [4.78, 5) is 30.6. The van der Waals surface area contributed by atoms with Gasteiger partial charge in [-0.25, -0.2) is 9.79 Å². The predicted molar refractivity (Wildman–Crippen MR) is 123 cm³/mol. The Balaban J connectivity index is 1.97. The lowest BCUT2D eigenvalue weighted by atomic mass is 10.1. The van der Waals surface area contributed by atoms with Gasteiger partial charge in [0.2, 0.25) is 0 Å². The quantitative estimate of drug-likeness (QED) is 0.580. The summed E-state index contributed by atoms with van der Waals surface area (Å²) in [7, 11) is 1.53. The first-order valence-electron chi connectivity index (χ1n) is 9.51. The molecular formula is C22H21ClN2O5S. The van der Waals surface area contributed by atoms with E-state index < -0.39 is 5.97 Å². The molecule has 7 nitrogen and oxygen atoms in total. The van der Waals surface area contributed by atoms with Crippen LogP contribution in [0.3, 0.4) is 0 Å². The zero-order valence-electron chi connectivity index (χ0n) is 17.2. The highest BCUT2D eigenvalue weighted by Gasteiger charge is 2.32. The minimum absolute atomic E-state index is 0.128. The van der Waals surface area contributed by atoms with Crippen LogP contribution in [0.15, 0.2) is 46.3 Å². The second-order valence-electron chi connectivity index (χ2n) is 6.37. The summed E-state index contributed by atoms with van der Waals surface area (Å²) in [6.07, 6.45) is 1.69. The molecule has 0 radical (unpaired) electrons. The van der Waals surface area contributed by atoms with Gasteiger partial charge >= 0.3 is 5.97 Å². The van der Waals surface area contributed by atoms with Crippen LogP contribution < -0.4 is 9.47 Å². The predicted octanol–water partition coefficient (Wildman–Crippen LogP) is 5.07. The fourth-order valence-electron chi connectivity index (χ4n) is 2.92. The summed E-state index contributed by atoms with van der Waals surface area (Å²) in [5, 5.41) is 10.1. The van der Waals surface area contributed by atoms with Gasteiger partial charge in [-0.1, -0.05) is 17.7 Å². The van der Waals surface area contributed by atoms with Crippen molar-refractivity contribution in [2.75, 3.05) is 20.3 Å². The van der Waals surface area contributed by atoms with E-state index in [0.29, 0.717) is 51.0 Å². The summed E-state index contributed by atoms with van der Waals surface area (Å²) < 4.78 is 10.9. The average molecular weight is 461 g/mol. The minimum Gasteiger partial charge on any atom is -0.493 e. The van der Waals surface area contributed by atoms with Crippen LogP contribution in [0.2, 0.25) is 5.02 Å². The Morgan fingerprint density at radius 1 is 1.26 bits per heavy atom. The largest absolute Gasteiger partial charge is 0.493 e. The maximum Gasteiger partial charge on any atom is 0.335 e. The van der Waals surface area contributed by atoms with Gasteiger partial charge in [0.25, 0.3) is 5.91 Å². The molecule has 31 heavy (non-hydrogen) atoms. The summed E-state index contributed by atoms with van der Waals surface area (Å²) in [6, 6.07) is 9.63. The number of methoxy groups -OCH3 is 1. The number of aromatic carboxylic acids is 1. The molecule has 9 heteroatoms. The van der Waals surface area contributed by atoms with Crippen molar-refractivity contribution in [2.45, 2.75) is 13.8 Å². The molecule has 1 N–H and O–H groups in total. The van der Waals surface area contributed by atoms with E-state index >= 15 is 0 Å². The summed E-state index contributed by atoms with van der Waals surface area (Å²) in [5.41, 5.74) is 1.20. The third-order valence-corrected chi connectivity index (χ3v) is 5.73. The molecule has 0 bridgehead atoms. The molecule has 1 aliphatic heterocycles. The van der Waals surface area contributed by atoms with E-state index in [4.69, 9.17) is 21.1 Å². The highest BCUT2D eigenvalue weighted by atomic mass is 35.5. The average Bonchev–Trinajstić information content (AvgIpc) is 3.04. The van der Waals surface area contributed by atoms with E-state index in [9.17, 15) is 14.7 Å². The summed E-state index contributed by atoms with van der Waals surface area (Å²) in [6.45, 7) is 4.59. The van der Waals surface area contributed by atoms with Crippen molar-refractivity contribution in [3.05, 3.63) is 57.5 Å². The van der Waals surface area contributed by atoms with Crippen LogP contribution in [0.5, 0.6) is 11.5 Å². The molecule has 2 aromatic rings. The number of hydrogen-bond acceptors (Lipinski definition) is 6. The molecule has 0 aliphatic carbocycles. The number of amidine groups is 1. The second kappa shape index (κ2) is 9.89. The van der Waals surface area contributed by atoms with Gasteiger partial charge in [0.05, 0.1) is 34.9 Å². The molecule has 3 rings (SSSR count). The highest BCUT2D eigenvalue weighted by Crippen LogP contribution is 2.38. The molecule has 1 aliphatic rings. The third-order valence-electron chi connectivity index (χ3n) is 4.39. The van der Waals surface area contributed by atoms with Crippen LogP contribution in [0.4, 0.5) is 5.69 Å². The summed E-state index contributed by atoms with van der Waals surface area (Å²) >= 11 is 7.60. The normalized spacial score (nSPS) is 16.3. The van der Waals surface area contributed by atoms with Crippen LogP contribution in [-0.4, -0.2) is 47.3 Å². The van der Waals surface area contributed by atoms with E-state index in [0.717, 1.165) is 0 Å². The number of carbonyl (C=O) groups excluding carboxylic acids is 1. The zero-order chi connectivity index (χ0) is 22.5. The van der Waals surface area contributed by atoms with Crippen molar-refractivity contribution in [1.82, 2.24) is 4.90 Å². The topological polar surface area (TPSA) is 88.4 Å². The lowest BCUT2D eigenvalue weighted by molar-refractivity contribution is -0.122. The van der Waals surface area contributed by atoms with Crippen molar-refractivity contribution in [1.29, 1.82) is 0 Å². The lowest BCUT2D eigenvalue weighted by Crippen LogP contribution is -2.28. The SMILES string of the molecule is CCOc1cc(Cl)c(C=C2SC(=Nc3cccc(C(=O)O)c3)N(CC)C2=O)cc1OC. The Morgan fingerprint density at radius 3 is 2.68 bits per heavy atom. The van der Waals surface area contributed by atoms with Crippen molar-refractivity contribution < 1.29 is 24.2 Å². The Bertz CT molecular complexity index is 1080. The van der Waals surface area contributed by atoms with Gasteiger partial charge in [0.15, 0.2) is 16.7 Å². The van der Waals surface area contributed by atoms with Gasteiger partial charge in [-0.3, -0.25) is 9.69 Å². The van der Waals surface area contributed by atoms with Crippen LogP contribution in [0.25, 0.3) is 6.08 Å². The number of likely N-dealkylation sites (N-methyl/N-ethyl adjacent to an activating group) is 1. The van der Waals surface area contributed by atoms with Gasteiger partial charge in [-0.05, 0) is 61.5 Å². The van der Waals surface area contributed by atoms with Gasteiger partial charge in [0.1, 0.15) is 0 Å². The first-order chi connectivity index (χ1) is 14.9. The molecule has 1 fully saturated rings. The number of carbonyl (C=O) groups is 2. The fourth-order valence-corrected chi connectivity index (χ4v) is 4.18. The Hall–Kier alpha value is -2.97. The number of thioether (sulfide) groups is 1. The first-order valence-corrected chi connectivity index (χ1v) is 10.7. The van der Waals surface area contributed by atoms with Crippen LogP contribution in [-0.2, 0) is 4.79 Å². The molecule has 0 atom stereocenters. The van der Waals surface area contributed by atoms with Gasteiger partial charge in [-0.2, -0.15) is 0 Å². The van der Waals surface area contributed by atoms with E-state index in [-0.39, 0.29) is 11.5 Å². The number of amides is 1. The van der Waals surface area contributed by atoms with E-state index in [2.05, 4.69) is 4.99 Å². The maximum absolute atomic E-state index is 12.9. The van der Waals surface area contributed by atoms with Crippen molar-refractivity contribution in [2.24, 2.45) is 4.99 Å². The second-order valence-corrected chi connectivity index (χ2v) is 7.78. The highest BCUT2D eigenvalue weighted by molar-refractivity contribution is 8.18. The fraction of sp³-hybridized carbons (Fsp3) is 0.227. The van der Waals surface area contributed by atoms with Crippen molar-refractivity contribution >= 4 is 52.2 Å². The van der Waals surface area contributed by atoms with Gasteiger partial charge in [0, 0.05) is 12.6 Å². The summed E-state index contributed by atoms with van der Waals surface area (Å²) in [5.74, 6) is -0.202. The van der Waals surface area contributed by atoms with Crippen LogP contribution >= 0.6 is 23.4 Å². The van der Waals surface area contributed by atoms with Crippen LogP contribution in [0.1, 0.15) is 29.8 Å². The standard InChI is InChI=1S/C22H21ClN2O5S/c1-4-25-20(26)19(11-14-10-17(29-3)18(30-5-2)12-16(14)23)31-22(25)24-15-8-6-7-13(9-15)21(27)28/h6-12H,4-5H2,1-3H3,(H,27,28). The molecule has 0 spiro atoms. The number of halogens is 1. The number of ether oxygens (including phenoxy) is 2. The number of aliphatic imine (C=N–C) groups is 1. The molecule has 0 saturated carbocycles. The molecular weight excluding hydrogens is 440 g/mol. The molecule has 1 saturated heterocycles. The van der Waals surface area contributed by atoms with E-state index in [1.165, 1.54) is 35.9 Å². The smallest absolute Gasteiger partial charge is 0.335 e. The number of hydrogen-bond donors (Lipinski definition) is 1. The monoisotopic (exact) mass is 460 g/mol. The zero-order valence-corrected chi connectivity index (χ0v) is 18.8. The lowest BCUT2D eigenvalue weighted by Gasteiger charge is -2.12. The molecule has 162 valence electrons. The maximum atomic E-state index is 12.9. The first kappa shape index (κ1) is 22.7. The molecule has 0 unspecified atom stereocenters. The van der Waals surface area contributed by atoms with Crippen molar-refractivity contribution in [3.8, 4) is 11.5 Å². The number of carboxylic acid groups (broad SMARTS) is 1. The number of carboxylic acids is 1. The molecule has 1 heterocycles. The molecule has 1 amide bonds. The van der Waals surface area contributed by atoms with Crippen molar-refractivity contribution in [3.63, 3.8) is 0 Å². The molecule has 0 aromatic heterocycles. The Kier molecular flexibility index (Phi) is 7.25. The number of rotatable bonds is 7. The minimum atomic E-state index is -1.04. The van der Waals surface area contributed by atoms with E-state index in [1.54, 1.807) is 30.3 Å².